The topological polar surface area (TPSA) is 38.0 Å². The molecule has 0 heterocycles. The standard InChI is InChI=1S/C15H17FN2/c1-11(9-12-5-7-13(16)8-6-12)18-15-4-2-3-14(17)10-15/h2-8,10-11,18H,9,17H2,1H3. The molecular formula is C15H17FN2. The lowest BCUT2D eigenvalue weighted by molar-refractivity contribution is 0.626. The number of nitrogens with two attached hydrogens (primary N) is 1. The molecule has 0 aliphatic rings. The van der Waals surface area contributed by atoms with Crippen LogP contribution in [0.15, 0.2) is 48.5 Å². The van der Waals surface area contributed by atoms with Gasteiger partial charge in [0, 0.05) is 17.4 Å². The predicted molar refractivity (Wildman–Crippen MR) is 74.0 cm³/mol. The highest BCUT2D eigenvalue weighted by Crippen LogP contribution is 2.14. The molecule has 2 nitrogen and oxygen atoms in total. The van der Waals surface area contributed by atoms with Gasteiger partial charge in [-0.2, -0.15) is 0 Å². The van der Waals surface area contributed by atoms with Gasteiger partial charge in [-0.05, 0) is 49.2 Å². The minimum absolute atomic E-state index is 0.199. The Kier molecular flexibility index (Phi) is 3.82. The molecule has 1 unspecified atom stereocenters. The highest BCUT2D eigenvalue weighted by Gasteiger charge is 2.04. The van der Waals surface area contributed by atoms with Gasteiger partial charge >= 0.3 is 0 Å². The number of hydrogen-bond acceptors (Lipinski definition) is 2. The molecule has 0 amide bonds. The van der Waals surface area contributed by atoms with Gasteiger partial charge in [-0.25, -0.2) is 4.39 Å². The summed E-state index contributed by atoms with van der Waals surface area (Å²) in [6.45, 7) is 2.09. The van der Waals surface area contributed by atoms with Crippen molar-refractivity contribution in [3.8, 4) is 0 Å². The maximum absolute atomic E-state index is 12.8. The van der Waals surface area contributed by atoms with Gasteiger partial charge in [0.2, 0.25) is 0 Å². The van der Waals surface area contributed by atoms with E-state index in [9.17, 15) is 4.39 Å². The number of hydrogen-bond donors (Lipinski definition) is 2. The average molecular weight is 244 g/mol. The molecule has 3 heteroatoms. The molecule has 0 aromatic heterocycles. The minimum atomic E-state index is -0.199. The third-order valence-corrected chi connectivity index (χ3v) is 2.75. The van der Waals surface area contributed by atoms with Crippen LogP contribution in [0.25, 0.3) is 0 Å². The van der Waals surface area contributed by atoms with Crippen LogP contribution < -0.4 is 11.1 Å². The summed E-state index contributed by atoms with van der Waals surface area (Å²) in [5.74, 6) is -0.199. The zero-order valence-electron chi connectivity index (χ0n) is 10.4. The van der Waals surface area contributed by atoms with Gasteiger partial charge in [0.25, 0.3) is 0 Å². The molecule has 2 aromatic rings. The zero-order chi connectivity index (χ0) is 13.0. The first-order chi connectivity index (χ1) is 8.63. The molecule has 0 aliphatic heterocycles. The summed E-state index contributed by atoms with van der Waals surface area (Å²) in [5.41, 5.74) is 8.58. The molecule has 0 bridgehead atoms. The predicted octanol–water partition coefficient (Wildman–Crippen LogP) is 3.45. The minimum Gasteiger partial charge on any atom is -0.399 e. The van der Waals surface area contributed by atoms with Crippen molar-refractivity contribution >= 4 is 11.4 Å². The van der Waals surface area contributed by atoms with Crippen molar-refractivity contribution in [1.82, 2.24) is 0 Å². The van der Waals surface area contributed by atoms with E-state index in [-0.39, 0.29) is 11.9 Å². The number of benzene rings is 2. The maximum atomic E-state index is 12.8. The van der Waals surface area contributed by atoms with Gasteiger partial charge in [-0.3, -0.25) is 0 Å². The first kappa shape index (κ1) is 12.4. The summed E-state index contributed by atoms with van der Waals surface area (Å²) < 4.78 is 12.8. The smallest absolute Gasteiger partial charge is 0.123 e. The van der Waals surface area contributed by atoms with E-state index in [1.165, 1.54) is 12.1 Å². The quantitative estimate of drug-likeness (QED) is 0.808. The van der Waals surface area contributed by atoms with Crippen LogP contribution in [0.5, 0.6) is 0 Å². The van der Waals surface area contributed by atoms with Gasteiger partial charge in [0.05, 0.1) is 0 Å². The highest BCUT2D eigenvalue weighted by molar-refractivity contribution is 5.54. The first-order valence-corrected chi connectivity index (χ1v) is 6.00. The Balaban J connectivity index is 1.96. The summed E-state index contributed by atoms with van der Waals surface area (Å²) >= 11 is 0. The number of halogens is 1. The van der Waals surface area contributed by atoms with Crippen LogP contribution in [-0.4, -0.2) is 6.04 Å². The Morgan fingerprint density at radius 2 is 1.89 bits per heavy atom. The van der Waals surface area contributed by atoms with Crippen LogP contribution in [0.3, 0.4) is 0 Å². The molecule has 0 spiro atoms. The second-order valence-electron chi connectivity index (χ2n) is 4.50. The van der Waals surface area contributed by atoms with Crippen LogP contribution in [0, 0.1) is 5.82 Å². The van der Waals surface area contributed by atoms with Gasteiger partial charge in [0.15, 0.2) is 0 Å². The van der Waals surface area contributed by atoms with Crippen molar-refractivity contribution in [3.63, 3.8) is 0 Å². The molecule has 94 valence electrons. The molecule has 0 saturated carbocycles. The van der Waals surface area contributed by atoms with E-state index in [0.717, 1.165) is 23.4 Å². The van der Waals surface area contributed by atoms with Crippen LogP contribution in [0.2, 0.25) is 0 Å². The number of anilines is 2. The van der Waals surface area contributed by atoms with E-state index in [4.69, 9.17) is 5.73 Å². The van der Waals surface area contributed by atoms with Crippen molar-refractivity contribution in [3.05, 3.63) is 59.9 Å². The fourth-order valence-electron chi connectivity index (χ4n) is 1.94. The Labute approximate surface area is 107 Å². The fraction of sp³-hybridized carbons (Fsp3) is 0.200. The Bertz CT molecular complexity index is 508. The number of rotatable bonds is 4. The SMILES string of the molecule is CC(Cc1ccc(F)cc1)Nc1cccc(N)c1. The zero-order valence-corrected chi connectivity index (χ0v) is 10.4. The van der Waals surface area contributed by atoms with E-state index in [0.29, 0.717) is 0 Å². The molecule has 0 saturated heterocycles. The molecule has 0 radical (unpaired) electrons. The van der Waals surface area contributed by atoms with E-state index < -0.39 is 0 Å². The monoisotopic (exact) mass is 244 g/mol. The maximum Gasteiger partial charge on any atom is 0.123 e. The third kappa shape index (κ3) is 3.48. The second-order valence-corrected chi connectivity index (χ2v) is 4.50. The lowest BCUT2D eigenvalue weighted by Gasteiger charge is -2.15. The Morgan fingerprint density at radius 3 is 2.56 bits per heavy atom. The van der Waals surface area contributed by atoms with Crippen molar-refractivity contribution in [1.29, 1.82) is 0 Å². The second kappa shape index (κ2) is 5.54. The molecule has 1 atom stereocenters. The van der Waals surface area contributed by atoms with Crippen molar-refractivity contribution in [2.75, 3.05) is 11.1 Å². The van der Waals surface area contributed by atoms with Crippen molar-refractivity contribution < 1.29 is 4.39 Å². The molecule has 2 rings (SSSR count). The normalized spacial score (nSPS) is 12.1. The summed E-state index contributed by atoms with van der Waals surface area (Å²) in [6.07, 6.45) is 0.842. The van der Waals surface area contributed by atoms with E-state index in [2.05, 4.69) is 12.2 Å². The van der Waals surface area contributed by atoms with Crippen LogP contribution >= 0.6 is 0 Å². The summed E-state index contributed by atoms with van der Waals surface area (Å²) in [7, 11) is 0. The van der Waals surface area contributed by atoms with Crippen LogP contribution in [-0.2, 0) is 6.42 Å². The lowest BCUT2D eigenvalue weighted by atomic mass is 10.1. The van der Waals surface area contributed by atoms with Gasteiger partial charge < -0.3 is 11.1 Å². The third-order valence-electron chi connectivity index (χ3n) is 2.75. The molecule has 0 fully saturated rings. The molecule has 0 aliphatic carbocycles. The van der Waals surface area contributed by atoms with Gasteiger partial charge in [0.1, 0.15) is 5.82 Å². The fourth-order valence-corrected chi connectivity index (χ4v) is 1.94. The van der Waals surface area contributed by atoms with Crippen molar-refractivity contribution in [2.45, 2.75) is 19.4 Å². The van der Waals surface area contributed by atoms with E-state index in [1.54, 1.807) is 0 Å². The summed E-state index contributed by atoms with van der Waals surface area (Å²) in [6, 6.07) is 14.5. The number of nitrogens with one attached hydrogen (secondary N) is 1. The average Bonchev–Trinajstić information content (AvgIpc) is 2.32. The lowest BCUT2D eigenvalue weighted by Crippen LogP contribution is -2.18. The first-order valence-electron chi connectivity index (χ1n) is 6.00. The highest BCUT2D eigenvalue weighted by atomic mass is 19.1. The molecule has 3 N–H and O–H groups in total. The molecular weight excluding hydrogens is 227 g/mol. The Hall–Kier alpha value is -2.03. The van der Waals surface area contributed by atoms with Gasteiger partial charge in [-0.1, -0.05) is 18.2 Å². The summed E-state index contributed by atoms with van der Waals surface area (Å²) in [4.78, 5) is 0. The van der Waals surface area contributed by atoms with Crippen molar-refractivity contribution in [2.24, 2.45) is 0 Å². The van der Waals surface area contributed by atoms with E-state index >= 15 is 0 Å². The van der Waals surface area contributed by atoms with Crippen LogP contribution in [0.1, 0.15) is 12.5 Å². The molecule has 2 aromatic carbocycles. The van der Waals surface area contributed by atoms with E-state index in [1.807, 2.05) is 36.4 Å². The molecule has 18 heavy (non-hydrogen) atoms. The Morgan fingerprint density at radius 1 is 1.17 bits per heavy atom. The van der Waals surface area contributed by atoms with Gasteiger partial charge in [-0.15, -0.1) is 0 Å². The number of nitrogen functional groups attached to an aromatic ring is 1. The summed E-state index contributed by atoms with van der Waals surface area (Å²) in [5, 5.41) is 3.37. The van der Waals surface area contributed by atoms with Crippen LogP contribution in [0.4, 0.5) is 15.8 Å². The largest absolute Gasteiger partial charge is 0.399 e.